The van der Waals surface area contributed by atoms with E-state index < -0.39 is 59.0 Å². The summed E-state index contributed by atoms with van der Waals surface area (Å²) in [5.74, 6) is -0.892. The highest BCUT2D eigenvalue weighted by Crippen LogP contribution is 2.30. The molecular formula is C47H61N7O6. The third kappa shape index (κ3) is 11.9. The van der Waals surface area contributed by atoms with Gasteiger partial charge in [0.05, 0.1) is 30.1 Å². The lowest BCUT2D eigenvalue weighted by atomic mass is 9.84. The number of aryl methyl sites for hydroxylation is 1. The maximum Gasteiger partial charge on any atom is 0.407 e. The number of carboxylic acid groups (broad SMARTS) is 1. The van der Waals surface area contributed by atoms with Gasteiger partial charge >= 0.3 is 12.1 Å². The van der Waals surface area contributed by atoms with Crippen molar-refractivity contribution in [1.29, 1.82) is 0 Å². The lowest BCUT2D eigenvalue weighted by Crippen LogP contribution is -2.59. The van der Waals surface area contributed by atoms with Crippen LogP contribution in [0.4, 0.5) is 9.59 Å². The number of aliphatic hydroxyl groups is 1. The Morgan fingerprint density at radius 1 is 0.800 bits per heavy atom. The number of amides is 5. The molecule has 5 atom stereocenters. The van der Waals surface area contributed by atoms with Crippen molar-refractivity contribution in [3.05, 3.63) is 120 Å². The van der Waals surface area contributed by atoms with Crippen LogP contribution in [0.3, 0.4) is 0 Å². The van der Waals surface area contributed by atoms with Crippen molar-refractivity contribution < 1.29 is 29.4 Å². The number of pyridine rings is 2. The molecule has 2 aromatic heterocycles. The maximum absolute atomic E-state index is 14.6. The minimum Gasteiger partial charge on any atom is -0.465 e. The Morgan fingerprint density at radius 2 is 1.47 bits per heavy atom. The first-order chi connectivity index (χ1) is 28.3. The Bertz CT molecular complexity index is 2070. The molecule has 60 heavy (non-hydrogen) atoms. The van der Waals surface area contributed by atoms with Crippen LogP contribution in [0.2, 0.25) is 0 Å². The molecule has 0 spiro atoms. The second kappa shape index (κ2) is 19.5. The van der Waals surface area contributed by atoms with E-state index in [4.69, 9.17) is 0 Å². The summed E-state index contributed by atoms with van der Waals surface area (Å²) >= 11 is 0. The number of carbonyl (C=O) groups excluding carboxylic acids is 3. The summed E-state index contributed by atoms with van der Waals surface area (Å²) in [7, 11) is 1.37. The first-order valence-electron chi connectivity index (χ1n) is 20.6. The van der Waals surface area contributed by atoms with Crippen LogP contribution in [0.15, 0.2) is 97.2 Å². The molecule has 1 aliphatic rings. The van der Waals surface area contributed by atoms with Crippen molar-refractivity contribution in [2.45, 2.75) is 105 Å². The highest BCUT2D eigenvalue weighted by atomic mass is 16.4. The van der Waals surface area contributed by atoms with Gasteiger partial charge in [0.15, 0.2) is 0 Å². The van der Waals surface area contributed by atoms with Crippen molar-refractivity contribution in [2.75, 3.05) is 20.1 Å². The molecular weight excluding hydrogens is 759 g/mol. The highest BCUT2D eigenvalue weighted by Gasteiger charge is 2.45. The standard InChI is InChI=1S/C47H61N7O6/c1-31-15-14-18-35(49-31)30-53-25-26-54(44(53)58)41(47(5,6)7)43(57)51-38(28-32-16-10-9-11-17-32)39(55)29-36(50-42(56)40(46(2,3)4)52(8)45(59)60)27-33-20-22-34(23-21-33)37-19-12-13-24-48-37/h9-24,36,38-41,55H,25-30H2,1-8H3,(H,50,56)(H,51,57)(H,59,60). The van der Waals surface area contributed by atoms with Crippen molar-refractivity contribution in [2.24, 2.45) is 10.8 Å². The number of carbonyl (C=O) groups is 4. The number of urea groups is 1. The molecule has 13 nitrogen and oxygen atoms in total. The molecule has 2 aromatic carbocycles. The van der Waals surface area contributed by atoms with E-state index in [0.717, 1.165) is 38.7 Å². The Balaban J connectivity index is 1.43. The lowest BCUT2D eigenvalue weighted by Gasteiger charge is -2.38. The van der Waals surface area contributed by atoms with Gasteiger partial charge < -0.3 is 30.6 Å². The van der Waals surface area contributed by atoms with E-state index in [1.165, 1.54) is 7.05 Å². The number of nitrogens with zero attached hydrogens (tertiary/aromatic N) is 5. The molecule has 0 aliphatic carbocycles. The maximum atomic E-state index is 14.6. The zero-order valence-corrected chi connectivity index (χ0v) is 36.1. The van der Waals surface area contributed by atoms with Crippen LogP contribution in [-0.2, 0) is 29.0 Å². The molecule has 5 rings (SSSR count). The lowest BCUT2D eigenvalue weighted by molar-refractivity contribution is -0.131. The molecule has 4 aromatic rings. The largest absolute Gasteiger partial charge is 0.465 e. The number of hydrogen-bond acceptors (Lipinski definition) is 7. The summed E-state index contributed by atoms with van der Waals surface area (Å²) in [5, 5.41) is 28.4. The molecule has 3 heterocycles. The summed E-state index contributed by atoms with van der Waals surface area (Å²) in [5.41, 5.74) is 3.68. The molecule has 0 radical (unpaired) electrons. The number of benzene rings is 2. The molecule has 1 aliphatic heterocycles. The van der Waals surface area contributed by atoms with Gasteiger partial charge in [-0.3, -0.25) is 24.5 Å². The molecule has 5 amide bonds. The van der Waals surface area contributed by atoms with E-state index in [1.54, 1.807) is 36.8 Å². The predicted octanol–water partition coefficient (Wildman–Crippen LogP) is 6.33. The van der Waals surface area contributed by atoms with Crippen LogP contribution >= 0.6 is 0 Å². The topological polar surface area (TPSA) is 168 Å². The Labute approximate surface area is 354 Å². The molecule has 320 valence electrons. The van der Waals surface area contributed by atoms with Crippen LogP contribution in [0.25, 0.3) is 11.3 Å². The molecule has 1 saturated heterocycles. The average molecular weight is 820 g/mol. The molecule has 5 unspecified atom stereocenters. The number of rotatable bonds is 16. The van der Waals surface area contributed by atoms with Crippen LogP contribution in [-0.4, -0.2) is 109 Å². The van der Waals surface area contributed by atoms with Crippen LogP contribution < -0.4 is 10.6 Å². The van der Waals surface area contributed by atoms with Crippen molar-refractivity contribution >= 4 is 23.9 Å². The summed E-state index contributed by atoms with van der Waals surface area (Å²) < 4.78 is 0. The van der Waals surface area contributed by atoms with Gasteiger partial charge in [-0.15, -0.1) is 0 Å². The minimum absolute atomic E-state index is 0.0270. The summed E-state index contributed by atoms with van der Waals surface area (Å²) in [6.45, 7) is 14.2. The zero-order chi connectivity index (χ0) is 43.8. The second-order valence-electron chi connectivity index (χ2n) is 18.0. The van der Waals surface area contributed by atoms with Gasteiger partial charge in [-0.1, -0.05) is 108 Å². The fraction of sp³-hybridized carbons (Fsp3) is 0.447. The fourth-order valence-corrected chi connectivity index (χ4v) is 8.11. The molecule has 13 heteroatoms. The zero-order valence-electron chi connectivity index (χ0n) is 36.1. The van der Waals surface area contributed by atoms with Gasteiger partial charge in [0.25, 0.3) is 0 Å². The molecule has 4 N–H and O–H groups in total. The van der Waals surface area contributed by atoms with Gasteiger partial charge in [0, 0.05) is 43.6 Å². The number of aromatic nitrogens is 2. The van der Waals surface area contributed by atoms with Gasteiger partial charge in [0.2, 0.25) is 11.8 Å². The Morgan fingerprint density at radius 3 is 2.07 bits per heavy atom. The number of likely N-dealkylation sites (N-methyl/N-ethyl adjacent to an activating group) is 1. The van der Waals surface area contributed by atoms with Crippen LogP contribution in [0, 0.1) is 17.8 Å². The normalized spacial score (nSPS) is 15.8. The van der Waals surface area contributed by atoms with Crippen molar-refractivity contribution in [1.82, 2.24) is 35.3 Å². The SMILES string of the molecule is Cc1cccc(CN2CCN(C(C(=O)NC(Cc3ccccc3)C(O)CC(Cc3ccc(-c4ccccn4)cc3)NC(=O)C(N(C)C(=O)O)C(C)(C)C)C(C)(C)C)C2=O)n1. The van der Waals surface area contributed by atoms with E-state index in [2.05, 4.69) is 20.6 Å². The monoisotopic (exact) mass is 819 g/mol. The fourth-order valence-electron chi connectivity index (χ4n) is 8.11. The average Bonchev–Trinajstić information content (AvgIpc) is 3.52. The molecule has 0 saturated carbocycles. The number of nitrogens with one attached hydrogen (secondary N) is 2. The smallest absolute Gasteiger partial charge is 0.407 e. The highest BCUT2D eigenvalue weighted by molar-refractivity contribution is 5.89. The van der Waals surface area contributed by atoms with E-state index in [-0.39, 0.29) is 18.9 Å². The van der Waals surface area contributed by atoms with Crippen molar-refractivity contribution in [3.8, 4) is 11.3 Å². The van der Waals surface area contributed by atoms with Gasteiger partial charge in [-0.25, -0.2) is 9.59 Å². The quantitative estimate of drug-likeness (QED) is 0.102. The summed E-state index contributed by atoms with van der Waals surface area (Å²) in [6, 6.07) is 25.1. The van der Waals surface area contributed by atoms with E-state index in [9.17, 15) is 29.4 Å². The van der Waals surface area contributed by atoms with E-state index in [0.29, 0.717) is 26.1 Å². The second-order valence-corrected chi connectivity index (χ2v) is 18.0. The van der Waals surface area contributed by atoms with Gasteiger partial charge in [0.1, 0.15) is 12.1 Å². The molecule has 1 fully saturated rings. The number of hydrogen-bond donors (Lipinski definition) is 4. The van der Waals surface area contributed by atoms with Gasteiger partial charge in [-0.2, -0.15) is 0 Å². The third-order valence-corrected chi connectivity index (χ3v) is 10.9. The summed E-state index contributed by atoms with van der Waals surface area (Å²) in [4.78, 5) is 68.1. The van der Waals surface area contributed by atoms with Crippen LogP contribution in [0.5, 0.6) is 0 Å². The summed E-state index contributed by atoms with van der Waals surface area (Å²) in [6.07, 6.45) is -0.0708. The predicted molar refractivity (Wildman–Crippen MR) is 232 cm³/mol. The van der Waals surface area contributed by atoms with Gasteiger partial charge in [-0.05, 0) is 72.4 Å². The van der Waals surface area contributed by atoms with E-state index in [1.807, 2.05) is 119 Å². The minimum atomic E-state index is -1.24. The number of aliphatic hydroxyl groups excluding tert-OH is 1. The third-order valence-electron chi connectivity index (χ3n) is 10.9. The van der Waals surface area contributed by atoms with Crippen LogP contribution in [0.1, 0.15) is 70.5 Å². The Hall–Kier alpha value is -5.82. The van der Waals surface area contributed by atoms with E-state index >= 15 is 0 Å². The first-order valence-corrected chi connectivity index (χ1v) is 20.6. The van der Waals surface area contributed by atoms with Crippen molar-refractivity contribution in [3.63, 3.8) is 0 Å². The molecule has 0 bridgehead atoms. The first kappa shape index (κ1) is 45.3. The Kier molecular flexibility index (Phi) is 14.7.